The second-order valence-electron chi connectivity index (χ2n) is 3.24. The maximum absolute atomic E-state index is 8.68. The predicted molar refractivity (Wildman–Crippen MR) is 62.5 cm³/mol. The molecule has 0 aliphatic heterocycles. The number of anilines is 2. The highest BCUT2D eigenvalue weighted by atomic mass is 16.5. The zero-order valence-corrected chi connectivity index (χ0v) is 9.66. The van der Waals surface area contributed by atoms with Crippen LogP contribution in [0.2, 0.25) is 0 Å². The first kappa shape index (κ1) is 12.7. The van der Waals surface area contributed by atoms with Gasteiger partial charge in [0.05, 0.1) is 0 Å². The lowest BCUT2D eigenvalue weighted by Crippen LogP contribution is -2.09. The first-order valence-corrected chi connectivity index (χ1v) is 5.19. The standard InChI is InChI=1S/C10H18N4O2/c1-11-8-6-9(12-4-3-5-15)14-10(13-8)7-16-2/h6,15H,3-5,7H2,1-2H3,(H2,11,12,13,14). The fraction of sp³-hybridized carbons (Fsp3) is 0.600. The van der Waals surface area contributed by atoms with E-state index in [-0.39, 0.29) is 6.61 Å². The summed E-state index contributed by atoms with van der Waals surface area (Å²) in [5, 5.41) is 14.8. The van der Waals surface area contributed by atoms with E-state index in [2.05, 4.69) is 20.6 Å². The van der Waals surface area contributed by atoms with Crippen molar-refractivity contribution in [1.82, 2.24) is 9.97 Å². The molecule has 0 amide bonds. The van der Waals surface area contributed by atoms with E-state index in [0.29, 0.717) is 25.4 Å². The number of nitrogens with one attached hydrogen (secondary N) is 2. The normalized spacial score (nSPS) is 10.2. The fourth-order valence-electron chi connectivity index (χ4n) is 1.20. The van der Waals surface area contributed by atoms with Crippen molar-refractivity contribution >= 4 is 11.6 Å². The minimum atomic E-state index is 0.169. The summed E-state index contributed by atoms with van der Waals surface area (Å²) >= 11 is 0. The van der Waals surface area contributed by atoms with Gasteiger partial charge in [0, 0.05) is 33.4 Å². The van der Waals surface area contributed by atoms with Gasteiger partial charge in [0.1, 0.15) is 18.2 Å². The first-order valence-electron chi connectivity index (χ1n) is 5.19. The SMILES string of the molecule is CNc1cc(NCCCO)nc(COC)n1. The van der Waals surface area contributed by atoms with Crippen LogP contribution in [0.1, 0.15) is 12.2 Å². The van der Waals surface area contributed by atoms with Crippen molar-refractivity contribution in [1.29, 1.82) is 0 Å². The van der Waals surface area contributed by atoms with Crippen molar-refractivity contribution in [3.05, 3.63) is 11.9 Å². The number of nitrogens with zero attached hydrogens (tertiary/aromatic N) is 2. The summed E-state index contributed by atoms with van der Waals surface area (Å²) in [6.45, 7) is 1.23. The Balaban J connectivity index is 2.69. The van der Waals surface area contributed by atoms with Crippen molar-refractivity contribution < 1.29 is 9.84 Å². The summed E-state index contributed by atoms with van der Waals surface area (Å²) in [7, 11) is 3.41. The number of aromatic nitrogens is 2. The van der Waals surface area contributed by atoms with E-state index in [1.54, 1.807) is 14.2 Å². The van der Waals surface area contributed by atoms with Gasteiger partial charge in [-0.15, -0.1) is 0 Å². The molecule has 0 aliphatic carbocycles. The molecule has 0 aliphatic rings. The van der Waals surface area contributed by atoms with Crippen LogP contribution < -0.4 is 10.6 Å². The maximum atomic E-state index is 8.68. The van der Waals surface area contributed by atoms with E-state index >= 15 is 0 Å². The third-order valence-corrected chi connectivity index (χ3v) is 1.94. The number of rotatable bonds is 7. The van der Waals surface area contributed by atoms with Crippen molar-refractivity contribution in [2.45, 2.75) is 13.0 Å². The van der Waals surface area contributed by atoms with Crippen molar-refractivity contribution in [2.24, 2.45) is 0 Å². The molecule has 0 saturated carbocycles. The quantitative estimate of drug-likeness (QED) is 0.586. The highest BCUT2D eigenvalue weighted by molar-refractivity contribution is 5.47. The van der Waals surface area contributed by atoms with Gasteiger partial charge in [0.2, 0.25) is 0 Å². The van der Waals surface area contributed by atoms with Gasteiger partial charge in [-0.2, -0.15) is 0 Å². The monoisotopic (exact) mass is 226 g/mol. The molecular weight excluding hydrogens is 208 g/mol. The Morgan fingerprint density at radius 1 is 1.38 bits per heavy atom. The van der Waals surface area contributed by atoms with Gasteiger partial charge in [0.25, 0.3) is 0 Å². The largest absolute Gasteiger partial charge is 0.396 e. The molecule has 0 radical (unpaired) electrons. The molecule has 1 aromatic heterocycles. The summed E-state index contributed by atoms with van der Waals surface area (Å²) < 4.78 is 4.99. The van der Waals surface area contributed by atoms with Crippen LogP contribution in [-0.2, 0) is 11.3 Å². The Bertz CT molecular complexity index is 320. The Kier molecular flexibility index (Phi) is 5.52. The van der Waals surface area contributed by atoms with Crippen molar-refractivity contribution in [3.8, 4) is 0 Å². The molecular formula is C10H18N4O2. The number of methoxy groups -OCH3 is 1. The second-order valence-corrected chi connectivity index (χ2v) is 3.24. The lowest BCUT2D eigenvalue weighted by Gasteiger charge is -2.08. The minimum Gasteiger partial charge on any atom is -0.396 e. The summed E-state index contributed by atoms with van der Waals surface area (Å²) in [5.41, 5.74) is 0. The number of hydrogen-bond acceptors (Lipinski definition) is 6. The van der Waals surface area contributed by atoms with Crippen LogP contribution in [0.15, 0.2) is 6.07 Å². The van der Waals surface area contributed by atoms with Crippen molar-refractivity contribution in [2.75, 3.05) is 37.9 Å². The first-order chi connectivity index (χ1) is 7.80. The van der Waals surface area contributed by atoms with Gasteiger partial charge in [-0.05, 0) is 6.42 Å². The van der Waals surface area contributed by atoms with E-state index in [0.717, 1.165) is 11.6 Å². The molecule has 90 valence electrons. The Morgan fingerprint density at radius 2 is 2.12 bits per heavy atom. The summed E-state index contributed by atoms with van der Waals surface area (Å²) in [6.07, 6.45) is 0.693. The van der Waals surface area contributed by atoms with E-state index < -0.39 is 0 Å². The van der Waals surface area contributed by atoms with Gasteiger partial charge in [-0.3, -0.25) is 0 Å². The van der Waals surface area contributed by atoms with Crippen LogP contribution in [0, 0.1) is 0 Å². The highest BCUT2D eigenvalue weighted by Gasteiger charge is 2.02. The molecule has 3 N–H and O–H groups in total. The van der Waals surface area contributed by atoms with E-state index in [1.807, 2.05) is 6.07 Å². The lowest BCUT2D eigenvalue weighted by molar-refractivity contribution is 0.178. The molecule has 1 aromatic rings. The smallest absolute Gasteiger partial charge is 0.158 e. The third kappa shape index (κ3) is 4.00. The molecule has 0 spiro atoms. The zero-order valence-electron chi connectivity index (χ0n) is 9.66. The molecule has 0 saturated heterocycles. The third-order valence-electron chi connectivity index (χ3n) is 1.94. The summed E-state index contributed by atoms with van der Waals surface area (Å²) in [4.78, 5) is 8.51. The number of aliphatic hydroxyl groups excluding tert-OH is 1. The zero-order chi connectivity index (χ0) is 11.8. The van der Waals surface area contributed by atoms with Crippen LogP contribution in [-0.4, -0.2) is 42.4 Å². The minimum absolute atomic E-state index is 0.169. The Morgan fingerprint density at radius 3 is 2.75 bits per heavy atom. The molecule has 0 bridgehead atoms. The fourth-order valence-corrected chi connectivity index (χ4v) is 1.20. The lowest BCUT2D eigenvalue weighted by atomic mass is 10.4. The maximum Gasteiger partial charge on any atom is 0.158 e. The summed E-state index contributed by atoms with van der Waals surface area (Å²) in [5.74, 6) is 2.11. The molecule has 6 heteroatoms. The van der Waals surface area contributed by atoms with Gasteiger partial charge in [-0.1, -0.05) is 0 Å². The molecule has 0 aromatic carbocycles. The molecule has 0 fully saturated rings. The van der Waals surface area contributed by atoms with Crippen LogP contribution in [0.5, 0.6) is 0 Å². The number of aliphatic hydroxyl groups is 1. The van der Waals surface area contributed by atoms with E-state index in [4.69, 9.17) is 9.84 Å². The van der Waals surface area contributed by atoms with Crippen LogP contribution >= 0.6 is 0 Å². The number of hydrogen-bond donors (Lipinski definition) is 3. The molecule has 6 nitrogen and oxygen atoms in total. The van der Waals surface area contributed by atoms with Crippen LogP contribution in [0.4, 0.5) is 11.6 Å². The average Bonchev–Trinajstić information content (AvgIpc) is 2.29. The predicted octanol–water partition coefficient (Wildman–Crippen LogP) is 0.459. The number of ether oxygens (including phenoxy) is 1. The molecule has 1 heterocycles. The van der Waals surface area contributed by atoms with Gasteiger partial charge >= 0.3 is 0 Å². The molecule has 0 atom stereocenters. The van der Waals surface area contributed by atoms with Crippen LogP contribution in [0.25, 0.3) is 0 Å². The van der Waals surface area contributed by atoms with Gasteiger partial charge in [0.15, 0.2) is 5.82 Å². The highest BCUT2D eigenvalue weighted by Crippen LogP contribution is 2.11. The Labute approximate surface area is 95.1 Å². The van der Waals surface area contributed by atoms with Crippen molar-refractivity contribution in [3.63, 3.8) is 0 Å². The molecule has 0 unspecified atom stereocenters. The Hall–Kier alpha value is -1.40. The molecule has 1 rings (SSSR count). The molecule has 16 heavy (non-hydrogen) atoms. The summed E-state index contributed by atoms with van der Waals surface area (Å²) in [6, 6.07) is 1.82. The van der Waals surface area contributed by atoms with Gasteiger partial charge < -0.3 is 20.5 Å². The van der Waals surface area contributed by atoms with Crippen LogP contribution in [0.3, 0.4) is 0 Å². The second kappa shape index (κ2) is 6.97. The topological polar surface area (TPSA) is 79.3 Å². The van der Waals surface area contributed by atoms with E-state index in [9.17, 15) is 0 Å². The average molecular weight is 226 g/mol. The van der Waals surface area contributed by atoms with E-state index in [1.165, 1.54) is 0 Å². The van der Waals surface area contributed by atoms with Gasteiger partial charge in [-0.25, -0.2) is 9.97 Å².